The lowest BCUT2D eigenvalue weighted by Gasteiger charge is -2.09. The molecule has 26 heavy (non-hydrogen) atoms. The van der Waals surface area contributed by atoms with Gasteiger partial charge in [0.15, 0.2) is 17.4 Å². The van der Waals surface area contributed by atoms with Gasteiger partial charge < -0.3 is 15.4 Å². The number of hydrogen-bond donors (Lipinski definition) is 2. The minimum Gasteiger partial charge on any atom is -0.451 e. The molecule has 140 valence electrons. The Bertz CT molecular complexity index is 777. The summed E-state index contributed by atoms with van der Waals surface area (Å²) < 4.78 is 5.02. The van der Waals surface area contributed by atoms with Gasteiger partial charge in [-0.05, 0) is 37.0 Å². The molecular formula is C18H22ClN3O3S. The van der Waals surface area contributed by atoms with E-state index in [1.807, 2.05) is 6.92 Å². The summed E-state index contributed by atoms with van der Waals surface area (Å²) in [5.41, 5.74) is 1.64. The summed E-state index contributed by atoms with van der Waals surface area (Å²) in [5, 5.41) is 8.63. The number of esters is 1. The lowest BCUT2D eigenvalue weighted by Crippen LogP contribution is -2.21. The van der Waals surface area contributed by atoms with Crippen molar-refractivity contribution in [2.24, 2.45) is 5.92 Å². The van der Waals surface area contributed by atoms with Crippen LogP contribution in [0.4, 0.5) is 10.8 Å². The van der Waals surface area contributed by atoms with Crippen LogP contribution in [-0.4, -0.2) is 30.0 Å². The first-order chi connectivity index (χ1) is 12.3. The number of anilines is 2. The zero-order chi connectivity index (χ0) is 19.1. The third kappa shape index (κ3) is 6.31. The summed E-state index contributed by atoms with van der Waals surface area (Å²) in [5.74, 6) is -0.473. The summed E-state index contributed by atoms with van der Waals surface area (Å²) in [4.78, 5) is 28.1. The van der Waals surface area contributed by atoms with Crippen LogP contribution in [0.3, 0.4) is 0 Å². The molecule has 1 heterocycles. The molecule has 0 aliphatic heterocycles. The Hall–Kier alpha value is -2.12. The second kappa shape index (κ2) is 9.54. The summed E-state index contributed by atoms with van der Waals surface area (Å²) in [6.45, 7) is 6.53. The third-order valence-corrected chi connectivity index (χ3v) is 4.55. The van der Waals surface area contributed by atoms with E-state index in [1.165, 1.54) is 11.3 Å². The molecule has 2 aromatic rings. The molecule has 0 saturated heterocycles. The van der Waals surface area contributed by atoms with E-state index in [1.54, 1.807) is 23.6 Å². The molecule has 0 spiro atoms. The van der Waals surface area contributed by atoms with Crippen LogP contribution in [0.5, 0.6) is 0 Å². The molecule has 0 unspecified atom stereocenters. The van der Waals surface area contributed by atoms with E-state index < -0.39 is 18.5 Å². The molecule has 0 fully saturated rings. The van der Waals surface area contributed by atoms with Gasteiger partial charge in [-0.15, -0.1) is 11.3 Å². The smallest absolute Gasteiger partial charge is 0.358 e. The molecule has 0 atom stereocenters. The molecule has 0 aliphatic rings. The van der Waals surface area contributed by atoms with E-state index in [0.717, 1.165) is 18.5 Å². The number of carbonyl (C=O) groups is 2. The lowest BCUT2D eigenvalue weighted by molar-refractivity contribution is -0.119. The monoisotopic (exact) mass is 395 g/mol. The number of nitrogens with zero attached hydrogens (tertiary/aromatic N) is 1. The van der Waals surface area contributed by atoms with E-state index in [2.05, 4.69) is 29.5 Å². The van der Waals surface area contributed by atoms with E-state index in [-0.39, 0.29) is 5.69 Å². The van der Waals surface area contributed by atoms with Gasteiger partial charge in [0.25, 0.3) is 5.91 Å². The quantitative estimate of drug-likeness (QED) is 0.649. The fourth-order valence-electron chi connectivity index (χ4n) is 2.04. The third-order valence-electron chi connectivity index (χ3n) is 3.52. The minimum absolute atomic E-state index is 0.189. The summed E-state index contributed by atoms with van der Waals surface area (Å²) in [6, 6.07) is 5.18. The zero-order valence-corrected chi connectivity index (χ0v) is 16.5. The van der Waals surface area contributed by atoms with Crippen LogP contribution in [0.1, 0.15) is 36.3 Å². The van der Waals surface area contributed by atoms with E-state index in [9.17, 15) is 9.59 Å². The van der Waals surface area contributed by atoms with Crippen LogP contribution in [-0.2, 0) is 9.53 Å². The summed E-state index contributed by atoms with van der Waals surface area (Å²) >= 11 is 7.25. The number of hydrogen-bond acceptors (Lipinski definition) is 6. The number of nitrogens with one attached hydrogen (secondary N) is 2. The van der Waals surface area contributed by atoms with Crippen molar-refractivity contribution >= 4 is 45.6 Å². The SMILES string of the molecule is Cc1ccc(Cl)cc1NC(=O)COC(=O)c1csc(NCCC(C)C)n1. The number of benzene rings is 1. The standard InChI is InChI=1S/C18H22ClN3O3S/c1-11(2)6-7-20-18-22-15(10-26-18)17(24)25-9-16(23)21-14-8-13(19)5-4-12(14)3/h4-5,8,10-11H,6-7,9H2,1-3H3,(H,20,22)(H,21,23). The van der Waals surface area contributed by atoms with Crippen LogP contribution >= 0.6 is 22.9 Å². The highest BCUT2D eigenvalue weighted by molar-refractivity contribution is 7.13. The predicted octanol–water partition coefficient (Wildman–Crippen LogP) is 4.36. The normalized spacial score (nSPS) is 10.7. The number of aromatic nitrogens is 1. The molecule has 0 aliphatic carbocycles. The Kier molecular flexibility index (Phi) is 7.41. The molecule has 1 aromatic carbocycles. The van der Waals surface area contributed by atoms with Crippen molar-refractivity contribution in [1.29, 1.82) is 0 Å². The number of aryl methyl sites for hydroxylation is 1. The fraction of sp³-hybridized carbons (Fsp3) is 0.389. The van der Waals surface area contributed by atoms with Crippen molar-refractivity contribution in [2.75, 3.05) is 23.8 Å². The molecule has 8 heteroatoms. The van der Waals surface area contributed by atoms with Crippen molar-refractivity contribution in [3.05, 3.63) is 39.9 Å². The Morgan fingerprint density at radius 3 is 2.85 bits per heavy atom. The highest BCUT2D eigenvalue weighted by Gasteiger charge is 2.15. The molecule has 6 nitrogen and oxygen atoms in total. The lowest BCUT2D eigenvalue weighted by atomic mass is 10.1. The molecule has 1 aromatic heterocycles. The van der Waals surface area contributed by atoms with Crippen molar-refractivity contribution in [3.8, 4) is 0 Å². The van der Waals surface area contributed by atoms with Gasteiger partial charge in [-0.1, -0.05) is 31.5 Å². The topological polar surface area (TPSA) is 80.3 Å². The molecule has 0 bridgehead atoms. The van der Waals surface area contributed by atoms with Crippen LogP contribution in [0.25, 0.3) is 0 Å². The van der Waals surface area contributed by atoms with Crippen LogP contribution in [0, 0.1) is 12.8 Å². The Morgan fingerprint density at radius 2 is 2.12 bits per heavy atom. The minimum atomic E-state index is -0.629. The predicted molar refractivity (Wildman–Crippen MR) is 105 cm³/mol. The first kappa shape index (κ1) is 20.2. The van der Waals surface area contributed by atoms with Gasteiger partial charge in [-0.25, -0.2) is 9.78 Å². The molecule has 2 N–H and O–H groups in total. The number of carbonyl (C=O) groups excluding carboxylic acids is 2. The van der Waals surface area contributed by atoms with Crippen molar-refractivity contribution < 1.29 is 14.3 Å². The van der Waals surface area contributed by atoms with E-state index in [0.29, 0.717) is 21.8 Å². The first-order valence-corrected chi connectivity index (χ1v) is 9.53. The largest absolute Gasteiger partial charge is 0.451 e. The second-order valence-corrected chi connectivity index (χ2v) is 7.53. The van der Waals surface area contributed by atoms with Crippen LogP contribution in [0.2, 0.25) is 5.02 Å². The Balaban J connectivity index is 1.81. The Labute approximate surface area is 161 Å². The number of thiazole rings is 1. The van der Waals surface area contributed by atoms with Gasteiger partial charge in [0.1, 0.15) is 0 Å². The molecule has 2 rings (SSSR count). The maximum atomic E-state index is 12.0. The van der Waals surface area contributed by atoms with Gasteiger partial charge in [0.2, 0.25) is 0 Å². The number of rotatable bonds is 8. The van der Waals surface area contributed by atoms with Gasteiger partial charge in [-0.3, -0.25) is 4.79 Å². The van der Waals surface area contributed by atoms with Crippen molar-refractivity contribution in [2.45, 2.75) is 27.2 Å². The second-order valence-electron chi connectivity index (χ2n) is 6.23. The highest BCUT2D eigenvalue weighted by atomic mass is 35.5. The molecule has 0 saturated carbocycles. The average Bonchev–Trinajstić information content (AvgIpc) is 3.04. The highest BCUT2D eigenvalue weighted by Crippen LogP contribution is 2.20. The van der Waals surface area contributed by atoms with Crippen LogP contribution < -0.4 is 10.6 Å². The number of halogens is 1. The van der Waals surface area contributed by atoms with Gasteiger partial charge >= 0.3 is 5.97 Å². The van der Waals surface area contributed by atoms with Crippen molar-refractivity contribution in [3.63, 3.8) is 0 Å². The Morgan fingerprint density at radius 1 is 1.35 bits per heavy atom. The molecule has 0 radical (unpaired) electrons. The van der Waals surface area contributed by atoms with Crippen molar-refractivity contribution in [1.82, 2.24) is 4.98 Å². The van der Waals surface area contributed by atoms with Crippen LogP contribution in [0.15, 0.2) is 23.6 Å². The summed E-state index contributed by atoms with van der Waals surface area (Å²) in [7, 11) is 0. The van der Waals surface area contributed by atoms with Gasteiger partial charge in [0, 0.05) is 22.6 Å². The van der Waals surface area contributed by atoms with E-state index in [4.69, 9.17) is 16.3 Å². The number of amides is 1. The van der Waals surface area contributed by atoms with Gasteiger partial charge in [0.05, 0.1) is 0 Å². The zero-order valence-electron chi connectivity index (χ0n) is 15.0. The number of ether oxygens (including phenoxy) is 1. The molecular weight excluding hydrogens is 374 g/mol. The average molecular weight is 396 g/mol. The maximum Gasteiger partial charge on any atom is 0.358 e. The first-order valence-electron chi connectivity index (χ1n) is 8.27. The summed E-state index contributed by atoms with van der Waals surface area (Å²) in [6.07, 6.45) is 1.02. The maximum absolute atomic E-state index is 12.0. The fourth-order valence-corrected chi connectivity index (χ4v) is 2.92. The molecule has 1 amide bonds. The van der Waals surface area contributed by atoms with Gasteiger partial charge in [-0.2, -0.15) is 0 Å². The van der Waals surface area contributed by atoms with E-state index >= 15 is 0 Å².